The summed E-state index contributed by atoms with van der Waals surface area (Å²) in [5.41, 5.74) is 0.819. The van der Waals surface area contributed by atoms with E-state index in [0.29, 0.717) is 17.0 Å². The predicted octanol–water partition coefficient (Wildman–Crippen LogP) is 4.32. The van der Waals surface area contributed by atoms with Gasteiger partial charge in [0.1, 0.15) is 17.6 Å². The Morgan fingerprint density at radius 1 is 1.15 bits per heavy atom. The molecule has 1 N–H and O–H groups in total. The smallest absolute Gasteiger partial charge is 0.286 e. The standard InChI is InChI=1S/C25H27F3N2O2S/c1-2-33(32)29-22-20(30(15-25(22,27)28)23(31)24-12-16(13-24)14-24)11-18-9-6-10-19(21(18)26)17-7-4-3-5-8-17/h3-10,16,20,22,29H,2,11-15H2,1H3/t16?,20-,22+,24?,33?/m0/s1. The molecule has 2 aromatic carbocycles. The molecule has 1 heterocycles. The zero-order valence-corrected chi connectivity index (χ0v) is 19.2. The van der Waals surface area contributed by atoms with Gasteiger partial charge in [0.05, 0.1) is 18.0 Å². The van der Waals surface area contributed by atoms with E-state index < -0.39 is 47.1 Å². The van der Waals surface area contributed by atoms with E-state index >= 15 is 13.2 Å². The topological polar surface area (TPSA) is 55.4 Å². The molecule has 3 atom stereocenters. The summed E-state index contributed by atoms with van der Waals surface area (Å²) < 4.78 is 60.6. The highest BCUT2D eigenvalue weighted by Crippen LogP contribution is 2.65. The summed E-state index contributed by atoms with van der Waals surface area (Å²) in [5, 5.41) is 0. The van der Waals surface area contributed by atoms with Gasteiger partial charge in [-0.1, -0.05) is 48.5 Å². The van der Waals surface area contributed by atoms with Gasteiger partial charge in [-0.3, -0.25) is 4.79 Å². The molecule has 2 bridgehead atoms. The van der Waals surface area contributed by atoms with Gasteiger partial charge in [0.25, 0.3) is 5.92 Å². The first kappa shape index (κ1) is 22.7. The van der Waals surface area contributed by atoms with Crippen LogP contribution in [0.2, 0.25) is 0 Å². The fraction of sp³-hybridized carbons (Fsp3) is 0.480. The number of likely N-dealkylation sites (tertiary alicyclic amines) is 1. The lowest BCUT2D eigenvalue weighted by Crippen LogP contribution is -2.62. The van der Waals surface area contributed by atoms with Crippen LogP contribution >= 0.6 is 0 Å². The first-order valence-corrected chi connectivity index (χ1v) is 12.7. The van der Waals surface area contributed by atoms with Crippen LogP contribution in [0.1, 0.15) is 31.7 Å². The second kappa shape index (κ2) is 8.32. The SMILES string of the molecule is CC[S+]([O-])N[C@@H]1[C@H](Cc2cccc(-c3ccccc3)c2F)N(C(=O)C23CC(C2)C3)CC1(F)F. The maximum atomic E-state index is 15.5. The Bertz CT molecular complexity index is 1030. The minimum absolute atomic E-state index is 0.0775. The second-order valence-corrected chi connectivity index (χ2v) is 11.1. The van der Waals surface area contributed by atoms with Crippen LogP contribution in [0.4, 0.5) is 13.2 Å². The van der Waals surface area contributed by atoms with Crippen molar-refractivity contribution in [2.24, 2.45) is 11.3 Å². The summed E-state index contributed by atoms with van der Waals surface area (Å²) in [4.78, 5) is 14.6. The molecule has 1 aliphatic heterocycles. The number of rotatable bonds is 7. The van der Waals surface area contributed by atoms with Crippen molar-refractivity contribution in [3.05, 3.63) is 59.9 Å². The highest BCUT2D eigenvalue weighted by Gasteiger charge is 2.66. The number of nitrogens with zero attached hydrogens (tertiary/aromatic N) is 1. The Labute approximate surface area is 194 Å². The molecular formula is C25H27F3N2O2S. The van der Waals surface area contributed by atoms with Crippen LogP contribution in [-0.2, 0) is 22.6 Å². The molecule has 4 fully saturated rings. The Kier molecular flexibility index (Phi) is 5.74. The number of alkyl halides is 2. The minimum Gasteiger partial charge on any atom is -0.598 e. The molecule has 0 spiro atoms. The molecule has 0 aromatic heterocycles. The zero-order chi connectivity index (χ0) is 23.4. The highest BCUT2D eigenvalue weighted by atomic mass is 32.2. The number of hydrogen-bond donors (Lipinski definition) is 1. The molecule has 4 nitrogen and oxygen atoms in total. The van der Waals surface area contributed by atoms with E-state index in [1.165, 1.54) is 4.90 Å². The largest absolute Gasteiger partial charge is 0.598 e. The Hall–Kier alpha value is -2.03. The summed E-state index contributed by atoms with van der Waals surface area (Å²) in [5.74, 6) is -3.32. The first-order chi connectivity index (χ1) is 15.7. The molecule has 8 heteroatoms. The van der Waals surface area contributed by atoms with E-state index in [1.807, 2.05) is 18.2 Å². The van der Waals surface area contributed by atoms with Gasteiger partial charge in [-0.25, -0.2) is 13.2 Å². The summed E-state index contributed by atoms with van der Waals surface area (Å²) >= 11 is -1.67. The average molecular weight is 477 g/mol. The fourth-order valence-corrected chi connectivity index (χ4v) is 6.37. The lowest BCUT2D eigenvalue weighted by atomic mass is 9.44. The number of benzene rings is 2. The quantitative estimate of drug-likeness (QED) is 0.606. The van der Waals surface area contributed by atoms with Crippen molar-refractivity contribution >= 4 is 17.3 Å². The van der Waals surface area contributed by atoms with E-state index in [9.17, 15) is 9.35 Å². The zero-order valence-electron chi connectivity index (χ0n) is 18.4. The van der Waals surface area contributed by atoms with Crippen molar-refractivity contribution in [1.29, 1.82) is 0 Å². The van der Waals surface area contributed by atoms with Gasteiger partial charge >= 0.3 is 0 Å². The normalized spacial score (nSPS) is 30.5. The molecule has 2 aromatic rings. The van der Waals surface area contributed by atoms with Gasteiger partial charge in [-0.15, -0.1) is 4.72 Å². The van der Waals surface area contributed by atoms with E-state index in [-0.39, 0.29) is 23.6 Å². The maximum absolute atomic E-state index is 15.5. The molecule has 176 valence electrons. The number of nitrogens with one attached hydrogen (secondary N) is 1. The van der Waals surface area contributed by atoms with Crippen LogP contribution in [-0.4, -0.2) is 45.7 Å². The number of carbonyl (C=O) groups is 1. The first-order valence-electron chi connectivity index (χ1n) is 11.4. The van der Waals surface area contributed by atoms with Gasteiger partial charge in [-0.05, 0) is 49.7 Å². The van der Waals surface area contributed by atoms with E-state index in [1.54, 1.807) is 37.3 Å². The Balaban J connectivity index is 1.49. The van der Waals surface area contributed by atoms with Gasteiger partial charge in [0.15, 0.2) is 0 Å². The predicted molar refractivity (Wildman–Crippen MR) is 121 cm³/mol. The third-order valence-corrected chi connectivity index (χ3v) is 8.53. The third-order valence-electron chi connectivity index (χ3n) is 7.49. The lowest BCUT2D eigenvalue weighted by Gasteiger charge is -2.61. The molecule has 1 saturated heterocycles. The highest BCUT2D eigenvalue weighted by molar-refractivity contribution is 7.89. The summed E-state index contributed by atoms with van der Waals surface area (Å²) in [7, 11) is 0. The van der Waals surface area contributed by atoms with Crippen molar-refractivity contribution in [1.82, 2.24) is 9.62 Å². The molecule has 6 rings (SSSR count). The van der Waals surface area contributed by atoms with E-state index in [2.05, 4.69) is 4.72 Å². The van der Waals surface area contributed by atoms with Crippen LogP contribution < -0.4 is 4.72 Å². The monoisotopic (exact) mass is 476 g/mol. The molecule has 4 aliphatic rings. The number of halogens is 3. The van der Waals surface area contributed by atoms with Crippen molar-refractivity contribution in [2.45, 2.75) is 50.6 Å². The minimum atomic E-state index is -3.26. The van der Waals surface area contributed by atoms with Crippen LogP contribution in [0.5, 0.6) is 0 Å². The van der Waals surface area contributed by atoms with Gasteiger partial charge in [0.2, 0.25) is 5.91 Å². The van der Waals surface area contributed by atoms with Crippen molar-refractivity contribution in [2.75, 3.05) is 12.3 Å². The van der Waals surface area contributed by atoms with Gasteiger partial charge in [0, 0.05) is 16.9 Å². The second-order valence-electron chi connectivity index (χ2n) is 9.60. The Morgan fingerprint density at radius 2 is 1.85 bits per heavy atom. The third kappa shape index (κ3) is 3.86. The summed E-state index contributed by atoms with van der Waals surface area (Å²) in [6.45, 7) is 0.903. The van der Waals surface area contributed by atoms with Crippen LogP contribution in [0.15, 0.2) is 48.5 Å². The number of carbonyl (C=O) groups excluding carboxylic acids is 1. The summed E-state index contributed by atoms with van der Waals surface area (Å²) in [6.07, 6.45) is 2.16. The van der Waals surface area contributed by atoms with Crippen LogP contribution in [0.3, 0.4) is 0 Å². The lowest BCUT2D eigenvalue weighted by molar-refractivity contribution is -0.178. The number of amides is 1. The van der Waals surface area contributed by atoms with Gasteiger partial charge < -0.3 is 9.45 Å². The molecule has 3 saturated carbocycles. The van der Waals surface area contributed by atoms with Crippen molar-refractivity contribution < 1.29 is 22.5 Å². The molecule has 1 amide bonds. The molecule has 3 aliphatic carbocycles. The molecule has 0 radical (unpaired) electrons. The molecule has 33 heavy (non-hydrogen) atoms. The number of hydrogen-bond acceptors (Lipinski definition) is 3. The Morgan fingerprint density at radius 3 is 2.45 bits per heavy atom. The van der Waals surface area contributed by atoms with E-state index in [0.717, 1.165) is 19.3 Å². The van der Waals surface area contributed by atoms with Crippen LogP contribution in [0.25, 0.3) is 11.1 Å². The van der Waals surface area contributed by atoms with Crippen LogP contribution in [0, 0.1) is 17.2 Å². The molecule has 1 unspecified atom stereocenters. The average Bonchev–Trinajstić information content (AvgIpc) is 2.98. The van der Waals surface area contributed by atoms with Crippen molar-refractivity contribution in [3.63, 3.8) is 0 Å². The van der Waals surface area contributed by atoms with Gasteiger partial charge in [-0.2, -0.15) is 0 Å². The fourth-order valence-electron chi connectivity index (χ4n) is 5.59. The van der Waals surface area contributed by atoms with Crippen molar-refractivity contribution in [3.8, 4) is 11.1 Å². The maximum Gasteiger partial charge on any atom is 0.286 e. The molecular weight excluding hydrogens is 449 g/mol. The van der Waals surface area contributed by atoms with E-state index in [4.69, 9.17) is 0 Å². The summed E-state index contributed by atoms with van der Waals surface area (Å²) in [6, 6.07) is 11.5.